The van der Waals surface area contributed by atoms with Gasteiger partial charge in [-0.05, 0) is 48.9 Å². The van der Waals surface area contributed by atoms with Crippen molar-refractivity contribution < 1.29 is 27.5 Å². The number of anilines is 1. The summed E-state index contributed by atoms with van der Waals surface area (Å²) in [6.45, 7) is 2.86. The Hall–Kier alpha value is -1.98. The van der Waals surface area contributed by atoms with E-state index in [-0.39, 0.29) is 28.7 Å². The number of amides is 1. The Balaban J connectivity index is 1.39. The zero-order valence-corrected chi connectivity index (χ0v) is 20.5. The standard InChI is InChI=1S/C22H25ClN2O6S2/c1-14-2-4-16-17(13-32-20(16)10-14)22(27)31-12-21(26)24-19-11-15(3-5-18(19)23)33(28,29)25-6-8-30-9-7-25/h3,5,11,13-14H,2,4,6-10,12H2,1H3,(H,24,26)/t14-/m1/s1. The molecule has 1 fully saturated rings. The molecule has 1 aromatic carbocycles. The highest BCUT2D eigenvalue weighted by molar-refractivity contribution is 7.89. The van der Waals surface area contributed by atoms with Crippen molar-refractivity contribution in [2.75, 3.05) is 38.2 Å². The SMILES string of the molecule is C[C@@H]1CCc2c(C(=O)OCC(=O)Nc3cc(S(=O)(=O)N4CCOCC4)ccc3Cl)csc2C1. The number of hydrogen-bond donors (Lipinski definition) is 1. The summed E-state index contributed by atoms with van der Waals surface area (Å²) in [5, 5.41) is 4.51. The van der Waals surface area contributed by atoms with Crippen LogP contribution >= 0.6 is 22.9 Å². The van der Waals surface area contributed by atoms with Gasteiger partial charge < -0.3 is 14.8 Å². The van der Waals surface area contributed by atoms with Crippen LogP contribution in [0.1, 0.15) is 34.1 Å². The van der Waals surface area contributed by atoms with E-state index in [0.717, 1.165) is 24.8 Å². The number of ether oxygens (including phenoxy) is 2. The minimum absolute atomic E-state index is 0.0141. The fourth-order valence-electron chi connectivity index (χ4n) is 3.94. The topological polar surface area (TPSA) is 102 Å². The molecule has 2 aromatic rings. The molecule has 1 atom stereocenters. The van der Waals surface area contributed by atoms with Gasteiger partial charge in [-0.2, -0.15) is 4.31 Å². The van der Waals surface area contributed by atoms with Crippen molar-refractivity contribution in [1.82, 2.24) is 4.31 Å². The molecule has 0 spiro atoms. The van der Waals surface area contributed by atoms with Crippen molar-refractivity contribution in [3.05, 3.63) is 44.6 Å². The Kier molecular flexibility index (Phi) is 7.40. The molecule has 0 radical (unpaired) electrons. The van der Waals surface area contributed by atoms with E-state index >= 15 is 0 Å². The molecule has 4 rings (SSSR count). The molecule has 8 nitrogen and oxygen atoms in total. The summed E-state index contributed by atoms with van der Waals surface area (Å²) in [5.74, 6) is -0.547. The van der Waals surface area contributed by atoms with Gasteiger partial charge in [-0.1, -0.05) is 18.5 Å². The number of carbonyl (C=O) groups is 2. The molecule has 178 valence electrons. The number of fused-ring (bicyclic) bond motifs is 1. The van der Waals surface area contributed by atoms with Crippen LogP contribution in [0.15, 0.2) is 28.5 Å². The maximum atomic E-state index is 12.9. The van der Waals surface area contributed by atoms with Crippen LogP contribution in [0, 0.1) is 5.92 Å². The quantitative estimate of drug-likeness (QED) is 0.595. The van der Waals surface area contributed by atoms with Gasteiger partial charge in [0.1, 0.15) is 0 Å². The Morgan fingerprint density at radius 3 is 2.82 bits per heavy atom. The van der Waals surface area contributed by atoms with Gasteiger partial charge in [0, 0.05) is 23.3 Å². The van der Waals surface area contributed by atoms with Crippen molar-refractivity contribution in [3.8, 4) is 0 Å². The third-order valence-corrected chi connectivity index (χ3v) is 9.05. The maximum Gasteiger partial charge on any atom is 0.339 e. The number of hydrogen-bond acceptors (Lipinski definition) is 7. The van der Waals surface area contributed by atoms with Crippen LogP contribution in [0.5, 0.6) is 0 Å². The highest BCUT2D eigenvalue weighted by Gasteiger charge is 2.27. The van der Waals surface area contributed by atoms with Crippen LogP contribution in [0.3, 0.4) is 0 Å². The van der Waals surface area contributed by atoms with Crippen LogP contribution < -0.4 is 5.32 Å². The van der Waals surface area contributed by atoms with Crippen molar-refractivity contribution in [2.45, 2.75) is 31.1 Å². The number of thiophene rings is 1. The van der Waals surface area contributed by atoms with Crippen molar-refractivity contribution in [2.24, 2.45) is 5.92 Å². The molecule has 11 heteroatoms. The predicted molar refractivity (Wildman–Crippen MR) is 125 cm³/mol. The van der Waals surface area contributed by atoms with Crippen LogP contribution in [0.2, 0.25) is 5.02 Å². The largest absolute Gasteiger partial charge is 0.452 e. The summed E-state index contributed by atoms with van der Waals surface area (Å²) in [6, 6.07) is 4.11. The molecule has 0 bridgehead atoms. The third kappa shape index (κ3) is 5.41. The number of rotatable bonds is 6. The molecule has 1 aliphatic carbocycles. The van der Waals surface area contributed by atoms with Gasteiger partial charge in [0.25, 0.3) is 5.91 Å². The number of nitrogens with one attached hydrogen (secondary N) is 1. The van der Waals surface area contributed by atoms with Crippen LogP contribution in [0.25, 0.3) is 0 Å². The second-order valence-electron chi connectivity index (χ2n) is 8.18. The Labute approximate surface area is 201 Å². The van der Waals surface area contributed by atoms with E-state index < -0.39 is 28.5 Å². The van der Waals surface area contributed by atoms with E-state index in [1.165, 1.54) is 27.4 Å². The van der Waals surface area contributed by atoms with Gasteiger partial charge >= 0.3 is 5.97 Å². The molecule has 2 aliphatic rings. The molecule has 1 N–H and O–H groups in total. The maximum absolute atomic E-state index is 12.9. The minimum Gasteiger partial charge on any atom is -0.452 e. The first-order valence-corrected chi connectivity index (χ1v) is 13.4. The molecule has 0 unspecified atom stereocenters. The molecular weight excluding hydrogens is 488 g/mol. The van der Waals surface area contributed by atoms with Crippen LogP contribution in [-0.2, 0) is 37.1 Å². The Morgan fingerprint density at radius 1 is 1.30 bits per heavy atom. The summed E-state index contributed by atoms with van der Waals surface area (Å²) in [7, 11) is -3.75. The van der Waals surface area contributed by atoms with Crippen molar-refractivity contribution in [1.29, 1.82) is 0 Å². The lowest BCUT2D eigenvalue weighted by Crippen LogP contribution is -2.40. The summed E-state index contributed by atoms with van der Waals surface area (Å²) < 4.78 is 37.5. The number of morpholine rings is 1. The fraction of sp³-hybridized carbons (Fsp3) is 0.455. The lowest BCUT2D eigenvalue weighted by molar-refractivity contribution is -0.119. The molecule has 1 aromatic heterocycles. The summed E-state index contributed by atoms with van der Waals surface area (Å²) in [5.41, 5.74) is 1.67. The average Bonchev–Trinajstić information content (AvgIpc) is 3.22. The lowest BCUT2D eigenvalue weighted by Gasteiger charge is -2.26. The fourth-order valence-corrected chi connectivity index (χ4v) is 6.77. The number of nitrogens with zero attached hydrogens (tertiary/aromatic N) is 1. The number of benzene rings is 1. The average molecular weight is 513 g/mol. The first kappa shape index (κ1) is 24.2. The highest BCUT2D eigenvalue weighted by Crippen LogP contribution is 2.33. The second kappa shape index (κ2) is 10.1. The molecule has 1 amide bonds. The third-order valence-electron chi connectivity index (χ3n) is 5.78. The van der Waals surface area contributed by atoms with Gasteiger partial charge in [0.15, 0.2) is 6.61 Å². The van der Waals surface area contributed by atoms with E-state index in [1.807, 2.05) is 0 Å². The van der Waals surface area contributed by atoms with E-state index in [4.69, 9.17) is 21.1 Å². The number of halogens is 1. The van der Waals surface area contributed by atoms with Gasteiger partial charge in [-0.25, -0.2) is 13.2 Å². The van der Waals surface area contributed by atoms with E-state index in [0.29, 0.717) is 24.7 Å². The lowest BCUT2D eigenvalue weighted by atomic mass is 9.88. The van der Waals surface area contributed by atoms with E-state index in [9.17, 15) is 18.0 Å². The van der Waals surface area contributed by atoms with Gasteiger partial charge in [0.05, 0.1) is 34.4 Å². The zero-order chi connectivity index (χ0) is 23.6. The Morgan fingerprint density at radius 2 is 2.06 bits per heavy atom. The van der Waals surface area contributed by atoms with Gasteiger partial charge in [0.2, 0.25) is 10.0 Å². The number of esters is 1. The first-order valence-electron chi connectivity index (χ1n) is 10.7. The van der Waals surface area contributed by atoms with Crippen molar-refractivity contribution in [3.63, 3.8) is 0 Å². The molecule has 2 heterocycles. The van der Waals surface area contributed by atoms with Crippen LogP contribution in [0.4, 0.5) is 5.69 Å². The highest BCUT2D eigenvalue weighted by atomic mass is 35.5. The molecule has 1 saturated heterocycles. The number of carbonyl (C=O) groups excluding carboxylic acids is 2. The molecule has 0 saturated carbocycles. The van der Waals surface area contributed by atoms with Crippen molar-refractivity contribution >= 4 is 50.5 Å². The van der Waals surface area contributed by atoms with Gasteiger partial charge in [-0.15, -0.1) is 11.3 Å². The predicted octanol–water partition coefficient (Wildman–Crippen LogP) is 3.34. The molecule has 1 aliphatic heterocycles. The smallest absolute Gasteiger partial charge is 0.339 e. The first-order chi connectivity index (χ1) is 15.8. The Bertz CT molecular complexity index is 1160. The van der Waals surface area contributed by atoms with Gasteiger partial charge in [-0.3, -0.25) is 4.79 Å². The second-order valence-corrected chi connectivity index (χ2v) is 11.5. The summed E-state index contributed by atoms with van der Waals surface area (Å²) in [6.07, 6.45) is 2.80. The van der Waals surface area contributed by atoms with E-state index in [2.05, 4.69) is 12.2 Å². The normalized spacial score (nSPS) is 19.0. The summed E-state index contributed by atoms with van der Waals surface area (Å²) in [4.78, 5) is 26.2. The minimum atomic E-state index is -3.75. The molecular formula is C22H25ClN2O6S2. The van der Waals surface area contributed by atoms with E-state index in [1.54, 1.807) is 16.7 Å². The molecule has 33 heavy (non-hydrogen) atoms. The summed E-state index contributed by atoms with van der Waals surface area (Å²) >= 11 is 7.71. The zero-order valence-electron chi connectivity index (χ0n) is 18.1. The number of sulfonamides is 1. The van der Waals surface area contributed by atoms with Crippen LogP contribution in [-0.4, -0.2) is 57.5 Å². The monoisotopic (exact) mass is 512 g/mol.